The second kappa shape index (κ2) is 7.77. The summed E-state index contributed by atoms with van der Waals surface area (Å²) in [5, 5.41) is 0. The van der Waals surface area contributed by atoms with E-state index in [1.54, 1.807) is 38.3 Å². The monoisotopic (exact) mass is 437 g/mol. The number of anilines is 1. The highest BCUT2D eigenvalue weighted by atomic mass is 32.2. The van der Waals surface area contributed by atoms with Gasteiger partial charge in [0.1, 0.15) is 5.75 Å². The van der Waals surface area contributed by atoms with Gasteiger partial charge in [-0.25, -0.2) is 8.42 Å². The molecule has 3 N–H and O–H groups in total. The highest BCUT2D eigenvalue weighted by Crippen LogP contribution is 2.31. The molecule has 0 amide bonds. The normalized spacial score (nSPS) is 11.4. The number of methoxy groups -OCH3 is 1. The second-order valence-electron chi connectivity index (χ2n) is 6.95. The molecule has 0 aliphatic heterocycles. The van der Waals surface area contributed by atoms with Gasteiger partial charge < -0.3 is 14.7 Å². The van der Waals surface area contributed by atoms with E-state index in [1.165, 1.54) is 12.1 Å². The maximum Gasteiger partial charge on any atom is 0.314 e. The van der Waals surface area contributed by atoms with E-state index in [4.69, 9.17) is 4.74 Å². The standard InChI is InChI=1S/C22H19N3O5S/c1-13-11-17-18(24-22(27)21(26)23-17)12-20(13)31(28,29)25-15-9-7-14(8-10-15)16-5-3-4-6-19(16)30-2/h3-12,25H,1-2H3,(H,23,26)(H,24,27). The number of hydrogen-bond donors (Lipinski definition) is 3. The molecule has 0 fully saturated rings. The molecule has 1 aromatic heterocycles. The highest BCUT2D eigenvalue weighted by molar-refractivity contribution is 7.92. The van der Waals surface area contributed by atoms with Crippen molar-refractivity contribution in [2.24, 2.45) is 0 Å². The fourth-order valence-electron chi connectivity index (χ4n) is 3.35. The van der Waals surface area contributed by atoms with Crippen molar-refractivity contribution in [3.05, 3.63) is 86.9 Å². The average Bonchev–Trinajstić information content (AvgIpc) is 2.75. The predicted molar refractivity (Wildman–Crippen MR) is 119 cm³/mol. The van der Waals surface area contributed by atoms with Gasteiger partial charge in [0.2, 0.25) is 0 Å². The van der Waals surface area contributed by atoms with Crippen molar-refractivity contribution in [3.8, 4) is 16.9 Å². The Morgan fingerprint density at radius 1 is 0.871 bits per heavy atom. The molecule has 9 heteroatoms. The lowest BCUT2D eigenvalue weighted by Gasteiger charge is -2.13. The summed E-state index contributed by atoms with van der Waals surface area (Å²) >= 11 is 0. The maximum atomic E-state index is 13.0. The minimum atomic E-state index is -3.94. The van der Waals surface area contributed by atoms with Crippen LogP contribution in [-0.2, 0) is 10.0 Å². The molecule has 0 saturated carbocycles. The molecule has 0 radical (unpaired) electrons. The van der Waals surface area contributed by atoms with Gasteiger partial charge in [0, 0.05) is 11.3 Å². The molecular formula is C22H19N3O5S. The van der Waals surface area contributed by atoms with Crippen LogP contribution in [-0.4, -0.2) is 25.5 Å². The van der Waals surface area contributed by atoms with Crippen molar-refractivity contribution in [1.29, 1.82) is 0 Å². The summed E-state index contributed by atoms with van der Waals surface area (Å²) in [6, 6.07) is 17.3. The molecule has 31 heavy (non-hydrogen) atoms. The van der Waals surface area contributed by atoms with Crippen LogP contribution in [0.5, 0.6) is 5.75 Å². The Bertz CT molecular complexity index is 1500. The van der Waals surface area contributed by atoms with Crippen LogP contribution >= 0.6 is 0 Å². The van der Waals surface area contributed by atoms with Crippen LogP contribution in [0.4, 0.5) is 5.69 Å². The van der Waals surface area contributed by atoms with Crippen molar-refractivity contribution in [1.82, 2.24) is 9.97 Å². The molecule has 0 aliphatic carbocycles. The maximum absolute atomic E-state index is 13.0. The SMILES string of the molecule is COc1ccccc1-c1ccc(NS(=O)(=O)c2cc3[nH]c(=O)c(=O)[nH]c3cc2C)cc1. The minimum Gasteiger partial charge on any atom is -0.496 e. The van der Waals surface area contributed by atoms with Gasteiger partial charge in [0.25, 0.3) is 10.0 Å². The number of benzene rings is 3. The largest absolute Gasteiger partial charge is 0.496 e. The molecule has 8 nitrogen and oxygen atoms in total. The zero-order valence-corrected chi connectivity index (χ0v) is 17.5. The molecule has 0 saturated heterocycles. The first-order chi connectivity index (χ1) is 14.8. The summed E-state index contributed by atoms with van der Waals surface area (Å²) in [6.45, 7) is 1.61. The molecule has 0 aliphatic rings. The van der Waals surface area contributed by atoms with Gasteiger partial charge >= 0.3 is 11.1 Å². The first kappa shape index (κ1) is 20.4. The number of hydrogen-bond acceptors (Lipinski definition) is 5. The number of ether oxygens (including phenoxy) is 1. The quantitative estimate of drug-likeness (QED) is 0.415. The first-order valence-electron chi connectivity index (χ1n) is 9.32. The van der Waals surface area contributed by atoms with Gasteiger partial charge in [-0.2, -0.15) is 0 Å². The van der Waals surface area contributed by atoms with E-state index in [0.29, 0.717) is 16.8 Å². The third-order valence-corrected chi connectivity index (χ3v) is 6.39. The third kappa shape index (κ3) is 3.95. The number of aromatic nitrogens is 2. The van der Waals surface area contributed by atoms with E-state index < -0.39 is 21.1 Å². The topological polar surface area (TPSA) is 121 Å². The number of rotatable bonds is 5. The number of fused-ring (bicyclic) bond motifs is 1. The molecule has 4 aromatic rings. The molecule has 4 rings (SSSR count). The zero-order valence-electron chi connectivity index (χ0n) is 16.7. The van der Waals surface area contributed by atoms with Gasteiger partial charge in [-0.05, 0) is 48.4 Å². The Balaban J connectivity index is 1.67. The molecular weight excluding hydrogens is 418 g/mol. The van der Waals surface area contributed by atoms with Crippen molar-refractivity contribution in [2.45, 2.75) is 11.8 Å². The Morgan fingerprint density at radius 3 is 2.13 bits per heavy atom. The molecule has 1 heterocycles. The highest BCUT2D eigenvalue weighted by Gasteiger charge is 2.19. The van der Waals surface area contributed by atoms with Crippen molar-refractivity contribution >= 4 is 26.7 Å². The second-order valence-corrected chi connectivity index (χ2v) is 8.61. The van der Waals surface area contributed by atoms with Crippen LogP contribution in [0.3, 0.4) is 0 Å². The predicted octanol–water partition coefficient (Wildman–Crippen LogP) is 3.00. The first-order valence-corrected chi connectivity index (χ1v) is 10.8. The number of para-hydroxylation sites is 1. The molecule has 0 atom stereocenters. The van der Waals surface area contributed by atoms with Gasteiger partial charge in [-0.3, -0.25) is 14.3 Å². The van der Waals surface area contributed by atoms with E-state index in [0.717, 1.165) is 16.9 Å². The summed E-state index contributed by atoms with van der Waals surface area (Å²) < 4.78 is 33.9. The molecule has 0 spiro atoms. The summed E-state index contributed by atoms with van der Waals surface area (Å²) in [7, 11) is -2.34. The smallest absolute Gasteiger partial charge is 0.314 e. The Kier molecular flexibility index (Phi) is 5.12. The minimum absolute atomic E-state index is 0.00324. The van der Waals surface area contributed by atoms with Gasteiger partial charge in [0.15, 0.2) is 0 Å². The van der Waals surface area contributed by atoms with Crippen LogP contribution < -0.4 is 20.6 Å². The van der Waals surface area contributed by atoms with E-state index in [1.807, 2.05) is 24.3 Å². The van der Waals surface area contributed by atoms with Crippen molar-refractivity contribution < 1.29 is 13.2 Å². The van der Waals surface area contributed by atoms with E-state index in [2.05, 4.69) is 14.7 Å². The van der Waals surface area contributed by atoms with Crippen LogP contribution in [0.15, 0.2) is 75.1 Å². The van der Waals surface area contributed by atoms with Gasteiger partial charge in [0.05, 0.1) is 23.0 Å². The van der Waals surface area contributed by atoms with Crippen LogP contribution in [0, 0.1) is 6.92 Å². The van der Waals surface area contributed by atoms with Crippen LogP contribution in [0.1, 0.15) is 5.56 Å². The fourth-order valence-corrected chi connectivity index (χ4v) is 4.67. The number of aryl methyl sites for hydroxylation is 1. The summed E-state index contributed by atoms with van der Waals surface area (Å²) in [5.74, 6) is 0.717. The van der Waals surface area contributed by atoms with E-state index >= 15 is 0 Å². The summed E-state index contributed by atoms with van der Waals surface area (Å²) in [6.07, 6.45) is 0. The number of aromatic amines is 2. The number of nitrogens with one attached hydrogen (secondary N) is 3. The molecule has 3 aromatic carbocycles. The lowest BCUT2D eigenvalue weighted by molar-refractivity contribution is 0.416. The Labute approximate surface area is 177 Å². The number of sulfonamides is 1. The Hall–Kier alpha value is -3.85. The summed E-state index contributed by atoms with van der Waals surface area (Å²) in [4.78, 5) is 27.9. The average molecular weight is 437 g/mol. The van der Waals surface area contributed by atoms with Crippen LogP contribution in [0.25, 0.3) is 22.2 Å². The van der Waals surface area contributed by atoms with E-state index in [9.17, 15) is 18.0 Å². The fraction of sp³-hybridized carbons (Fsp3) is 0.0909. The Morgan fingerprint density at radius 2 is 1.48 bits per heavy atom. The lowest BCUT2D eigenvalue weighted by atomic mass is 10.0. The lowest BCUT2D eigenvalue weighted by Crippen LogP contribution is -2.29. The molecule has 158 valence electrons. The molecule has 0 unspecified atom stereocenters. The molecule has 0 bridgehead atoms. The van der Waals surface area contributed by atoms with Gasteiger partial charge in [-0.15, -0.1) is 0 Å². The van der Waals surface area contributed by atoms with Crippen molar-refractivity contribution in [3.63, 3.8) is 0 Å². The van der Waals surface area contributed by atoms with Crippen LogP contribution in [0.2, 0.25) is 0 Å². The third-order valence-electron chi connectivity index (χ3n) is 4.86. The summed E-state index contributed by atoms with van der Waals surface area (Å²) in [5.41, 5.74) is 1.51. The number of H-pyrrole nitrogens is 2. The van der Waals surface area contributed by atoms with Gasteiger partial charge in [-0.1, -0.05) is 30.3 Å². The van der Waals surface area contributed by atoms with Crippen molar-refractivity contribution in [2.75, 3.05) is 11.8 Å². The zero-order chi connectivity index (χ0) is 22.2. The van der Waals surface area contributed by atoms with E-state index in [-0.39, 0.29) is 10.4 Å².